The number of hydrogen-bond donors (Lipinski definition) is 0. The summed E-state index contributed by atoms with van der Waals surface area (Å²) < 4.78 is 0. The van der Waals surface area contributed by atoms with Crippen LogP contribution in [-0.2, 0) is 6.42 Å². The topological polar surface area (TPSA) is 0 Å². The molecule has 0 amide bonds. The minimum absolute atomic E-state index is 1.09. The van der Waals surface area contributed by atoms with Gasteiger partial charge in [-0.25, -0.2) is 0 Å². The highest BCUT2D eigenvalue weighted by atomic mass is 14.1. The standard InChI is InChI=1S/C10H9/c1-8-5-6-9-3-2-4-10(9)7-8/h2,4-7H,1,3H2. The SMILES string of the molecule is [CH2]c1ccc2c(c1)C=CC2. The van der Waals surface area contributed by atoms with Gasteiger partial charge in [0, 0.05) is 0 Å². The first-order valence-electron chi connectivity index (χ1n) is 3.48. The second-order valence-corrected chi connectivity index (χ2v) is 2.64. The highest BCUT2D eigenvalue weighted by Gasteiger charge is 2.02. The summed E-state index contributed by atoms with van der Waals surface area (Å²) >= 11 is 0. The van der Waals surface area contributed by atoms with E-state index in [0.717, 1.165) is 12.0 Å². The zero-order chi connectivity index (χ0) is 6.97. The number of benzene rings is 1. The van der Waals surface area contributed by atoms with Gasteiger partial charge in [-0.1, -0.05) is 30.4 Å². The smallest absolute Gasteiger partial charge is 0.00882 e. The van der Waals surface area contributed by atoms with Crippen LogP contribution >= 0.6 is 0 Å². The first-order chi connectivity index (χ1) is 4.86. The summed E-state index contributed by atoms with van der Waals surface area (Å²) in [6.45, 7) is 3.86. The molecule has 0 fully saturated rings. The molecule has 0 spiro atoms. The lowest BCUT2D eigenvalue weighted by Crippen LogP contribution is -1.81. The zero-order valence-corrected chi connectivity index (χ0v) is 5.80. The lowest BCUT2D eigenvalue weighted by Gasteiger charge is -1.97. The molecule has 0 aliphatic heterocycles. The third-order valence-electron chi connectivity index (χ3n) is 1.85. The Balaban J connectivity index is 2.60. The molecule has 49 valence electrons. The van der Waals surface area contributed by atoms with Crippen molar-refractivity contribution < 1.29 is 0 Å². The van der Waals surface area contributed by atoms with Gasteiger partial charge in [-0.15, -0.1) is 0 Å². The maximum absolute atomic E-state index is 3.86. The molecule has 0 heteroatoms. The maximum Gasteiger partial charge on any atom is -0.00882 e. The van der Waals surface area contributed by atoms with E-state index in [-0.39, 0.29) is 0 Å². The molecular weight excluding hydrogens is 120 g/mol. The predicted octanol–water partition coefficient (Wildman–Crippen LogP) is 2.44. The summed E-state index contributed by atoms with van der Waals surface area (Å²) in [6.07, 6.45) is 5.43. The third-order valence-corrected chi connectivity index (χ3v) is 1.85. The molecule has 0 aromatic heterocycles. The van der Waals surface area contributed by atoms with Gasteiger partial charge in [0.05, 0.1) is 0 Å². The molecule has 0 atom stereocenters. The Morgan fingerprint density at radius 1 is 1.30 bits per heavy atom. The van der Waals surface area contributed by atoms with Crippen molar-refractivity contribution in [2.24, 2.45) is 0 Å². The fourth-order valence-electron chi connectivity index (χ4n) is 1.30. The quantitative estimate of drug-likeness (QED) is 0.504. The molecule has 1 radical (unpaired) electrons. The molecule has 0 bridgehead atoms. The summed E-state index contributed by atoms with van der Waals surface area (Å²) in [5, 5.41) is 0. The van der Waals surface area contributed by atoms with Crippen molar-refractivity contribution in [3.8, 4) is 0 Å². The van der Waals surface area contributed by atoms with Crippen molar-refractivity contribution >= 4 is 6.08 Å². The Hall–Kier alpha value is -1.04. The summed E-state index contributed by atoms with van der Waals surface area (Å²) in [5.74, 6) is 0. The van der Waals surface area contributed by atoms with Crippen LogP contribution in [0.4, 0.5) is 0 Å². The number of rotatable bonds is 0. The van der Waals surface area contributed by atoms with E-state index in [1.165, 1.54) is 11.1 Å². The lowest BCUT2D eigenvalue weighted by atomic mass is 10.1. The molecule has 0 heterocycles. The van der Waals surface area contributed by atoms with Gasteiger partial charge in [-0.05, 0) is 30.0 Å². The Bertz CT molecular complexity index is 282. The fraction of sp³-hybridized carbons (Fsp3) is 0.100. The van der Waals surface area contributed by atoms with Gasteiger partial charge in [-0.2, -0.15) is 0 Å². The number of allylic oxidation sites excluding steroid dienone is 1. The molecule has 0 saturated heterocycles. The molecule has 1 aromatic carbocycles. The molecular formula is C10H9. The average molecular weight is 129 g/mol. The van der Waals surface area contributed by atoms with Crippen molar-refractivity contribution in [3.05, 3.63) is 47.9 Å². The molecule has 0 N–H and O–H groups in total. The molecule has 10 heavy (non-hydrogen) atoms. The van der Waals surface area contributed by atoms with Crippen LogP contribution in [0.3, 0.4) is 0 Å². The van der Waals surface area contributed by atoms with E-state index < -0.39 is 0 Å². The second-order valence-electron chi connectivity index (χ2n) is 2.64. The van der Waals surface area contributed by atoms with Crippen LogP contribution in [0.2, 0.25) is 0 Å². The van der Waals surface area contributed by atoms with Gasteiger partial charge < -0.3 is 0 Å². The van der Waals surface area contributed by atoms with E-state index in [1.54, 1.807) is 0 Å². The first kappa shape index (κ1) is 5.72. The van der Waals surface area contributed by atoms with Gasteiger partial charge in [0.1, 0.15) is 0 Å². The zero-order valence-electron chi connectivity index (χ0n) is 5.80. The van der Waals surface area contributed by atoms with Crippen LogP contribution in [0.1, 0.15) is 16.7 Å². The highest BCUT2D eigenvalue weighted by molar-refractivity contribution is 5.60. The Morgan fingerprint density at radius 2 is 2.20 bits per heavy atom. The van der Waals surface area contributed by atoms with Gasteiger partial charge >= 0.3 is 0 Å². The average Bonchev–Trinajstić information content (AvgIpc) is 2.33. The fourth-order valence-corrected chi connectivity index (χ4v) is 1.30. The van der Waals surface area contributed by atoms with Crippen molar-refractivity contribution in [2.75, 3.05) is 0 Å². The van der Waals surface area contributed by atoms with Gasteiger partial charge in [0.2, 0.25) is 0 Å². The van der Waals surface area contributed by atoms with Crippen molar-refractivity contribution in [2.45, 2.75) is 6.42 Å². The Labute approximate surface area is 61.2 Å². The molecule has 0 saturated carbocycles. The number of hydrogen-bond acceptors (Lipinski definition) is 0. The van der Waals surface area contributed by atoms with Crippen molar-refractivity contribution in [1.82, 2.24) is 0 Å². The Morgan fingerprint density at radius 3 is 3.10 bits per heavy atom. The monoisotopic (exact) mass is 129 g/mol. The summed E-state index contributed by atoms with van der Waals surface area (Å²) in [7, 11) is 0. The van der Waals surface area contributed by atoms with E-state index in [4.69, 9.17) is 0 Å². The van der Waals surface area contributed by atoms with Gasteiger partial charge in [-0.3, -0.25) is 0 Å². The van der Waals surface area contributed by atoms with Crippen LogP contribution in [0.25, 0.3) is 6.08 Å². The first-order valence-corrected chi connectivity index (χ1v) is 3.48. The third kappa shape index (κ3) is 0.766. The van der Waals surface area contributed by atoms with Crippen LogP contribution in [0.15, 0.2) is 24.3 Å². The van der Waals surface area contributed by atoms with Gasteiger partial charge in [0.15, 0.2) is 0 Å². The predicted molar refractivity (Wildman–Crippen MR) is 43.6 cm³/mol. The normalized spacial score (nSPS) is 13.7. The summed E-state index contributed by atoms with van der Waals surface area (Å²) in [4.78, 5) is 0. The van der Waals surface area contributed by atoms with E-state index in [0.29, 0.717) is 0 Å². The molecule has 0 unspecified atom stereocenters. The highest BCUT2D eigenvalue weighted by Crippen LogP contribution is 2.19. The van der Waals surface area contributed by atoms with E-state index in [9.17, 15) is 0 Å². The molecule has 2 rings (SSSR count). The minimum atomic E-state index is 1.09. The summed E-state index contributed by atoms with van der Waals surface area (Å²) in [5.41, 5.74) is 3.87. The Kier molecular flexibility index (Phi) is 1.13. The van der Waals surface area contributed by atoms with Gasteiger partial charge in [0.25, 0.3) is 0 Å². The molecule has 1 aliphatic carbocycles. The van der Waals surface area contributed by atoms with E-state index in [2.05, 4.69) is 37.3 Å². The largest absolute Gasteiger partial charge is 0.0795 e. The van der Waals surface area contributed by atoms with Crippen molar-refractivity contribution in [3.63, 3.8) is 0 Å². The number of fused-ring (bicyclic) bond motifs is 1. The summed E-state index contributed by atoms with van der Waals surface area (Å²) in [6, 6.07) is 6.34. The van der Waals surface area contributed by atoms with E-state index in [1.807, 2.05) is 0 Å². The maximum atomic E-state index is 3.86. The molecule has 1 aliphatic rings. The van der Waals surface area contributed by atoms with Crippen LogP contribution < -0.4 is 0 Å². The molecule has 0 nitrogen and oxygen atoms in total. The lowest BCUT2D eigenvalue weighted by molar-refractivity contribution is 1.30. The van der Waals surface area contributed by atoms with Crippen LogP contribution in [0.5, 0.6) is 0 Å². The van der Waals surface area contributed by atoms with E-state index >= 15 is 0 Å². The van der Waals surface area contributed by atoms with Crippen molar-refractivity contribution in [1.29, 1.82) is 0 Å². The minimum Gasteiger partial charge on any atom is -0.0795 e. The van der Waals surface area contributed by atoms with Crippen LogP contribution in [-0.4, -0.2) is 0 Å². The molecule has 1 aromatic rings. The second kappa shape index (κ2) is 1.98. The van der Waals surface area contributed by atoms with Crippen LogP contribution in [0, 0.1) is 6.92 Å².